The maximum absolute atomic E-state index is 13.6. The molecule has 3 N–H and O–H groups in total. The van der Waals surface area contributed by atoms with Gasteiger partial charge in [0.25, 0.3) is 0 Å². The Morgan fingerprint density at radius 3 is 2.51 bits per heavy atom. The summed E-state index contributed by atoms with van der Waals surface area (Å²) in [6.45, 7) is 2.09. The van der Waals surface area contributed by atoms with Crippen molar-refractivity contribution < 1.29 is 4.39 Å². The first-order chi connectivity index (χ1) is 18.1. The normalized spacial score (nSPS) is 12.6. The van der Waals surface area contributed by atoms with Crippen molar-refractivity contribution in [1.29, 1.82) is 5.26 Å². The van der Waals surface area contributed by atoms with Gasteiger partial charge >= 0.3 is 0 Å². The van der Waals surface area contributed by atoms with Gasteiger partial charge in [-0.05, 0) is 41.8 Å². The summed E-state index contributed by atoms with van der Waals surface area (Å²) < 4.78 is 13.6. The van der Waals surface area contributed by atoms with Crippen LogP contribution in [0.25, 0.3) is 10.9 Å². The number of benzene rings is 3. The van der Waals surface area contributed by atoms with E-state index in [0.29, 0.717) is 38.6 Å². The van der Waals surface area contributed by atoms with Crippen LogP contribution in [0.5, 0.6) is 0 Å². The number of nitrogens with one attached hydrogen (secondary N) is 3. The molecule has 0 saturated carbocycles. The van der Waals surface area contributed by atoms with Gasteiger partial charge in [0.15, 0.2) is 0 Å². The SMILES string of the molecule is CC[C@@H](Nc1c(C#N)cnc2c(N[C@@H](c3ccc(F)cc3)c3c[nH]nn3)cc(Cl)cc12)c1ccccc1. The Balaban J connectivity index is 1.61. The van der Waals surface area contributed by atoms with E-state index >= 15 is 0 Å². The highest BCUT2D eigenvalue weighted by molar-refractivity contribution is 6.32. The van der Waals surface area contributed by atoms with Crippen LogP contribution < -0.4 is 10.6 Å². The highest BCUT2D eigenvalue weighted by Gasteiger charge is 2.21. The van der Waals surface area contributed by atoms with E-state index in [0.717, 1.165) is 17.5 Å². The Labute approximate surface area is 218 Å². The van der Waals surface area contributed by atoms with Crippen LogP contribution >= 0.6 is 11.6 Å². The average molecular weight is 512 g/mol. The Morgan fingerprint density at radius 1 is 1.05 bits per heavy atom. The second-order valence-electron chi connectivity index (χ2n) is 8.55. The van der Waals surface area contributed by atoms with Crippen molar-refractivity contribution in [2.45, 2.75) is 25.4 Å². The fourth-order valence-electron chi connectivity index (χ4n) is 4.39. The number of halogens is 2. The summed E-state index contributed by atoms with van der Waals surface area (Å²) in [6, 6.07) is 21.6. The largest absolute Gasteiger partial charge is 0.377 e. The van der Waals surface area contributed by atoms with E-state index in [4.69, 9.17) is 11.6 Å². The zero-order chi connectivity index (χ0) is 25.8. The molecule has 2 heterocycles. The Bertz CT molecular complexity index is 1550. The van der Waals surface area contributed by atoms with Crippen molar-refractivity contribution in [3.63, 3.8) is 0 Å². The highest BCUT2D eigenvalue weighted by Crippen LogP contribution is 2.37. The zero-order valence-electron chi connectivity index (χ0n) is 19.9. The lowest BCUT2D eigenvalue weighted by Crippen LogP contribution is -2.14. The van der Waals surface area contributed by atoms with Gasteiger partial charge in [-0.25, -0.2) is 4.39 Å². The summed E-state index contributed by atoms with van der Waals surface area (Å²) in [5.74, 6) is -0.332. The summed E-state index contributed by atoms with van der Waals surface area (Å²) in [5, 5.41) is 28.8. The summed E-state index contributed by atoms with van der Waals surface area (Å²) in [4.78, 5) is 4.61. The van der Waals surface area contributed by atoms with Crippen LogP contribution in [0.15, 0.2) is 79.1 Å². The van der Waals surface area contributed by atoms with Gasteiger partial charge in [-0.2, -0.15) is 5.26 Å². The van der Waals surface area contributed by atoms with Crippen molar-refractivity contribution in [2.75, 3.05) is 10.6 Å². The molecule has 3 aromatic carbocycles. The Kier molecular flexibility index (Phi) is 6.97. The molecule has 5 rings (SSSR count). The standard InChI is InChI=1S/C28H23ClFN7/c1-2-23(17-6-4-3-5-7-17)34-26-19(14-31)15-32-28-22(26)12-20(29)13-24(28)35-27(25-16-33-37-36-25)18-8-10-21(30)11-9-18/h3-13,15-16,23,27,35H,2H2,1H3,(H,32,34)(H,33,36,37)/t23-,27+/m1/s1. The smallest absolute Gasteiger partial charge is 0.123 e. The summed E-state index contributed by atoms with van der Waals surface area (Å²) in [6.07, 6.45) is 4.04. The lowest BCUT2D eigenvalue weighted by molar-refractivity contribution is 0.626. The number of hydrogen-bond acceptors (Lipinski definition) is 6. The fraction of sp³-hybridized carbons (Fsp3) is 0.143. The van der Waals surface area contributed by atoms with E-state index < -0.39 is 6.04 Å². The molecule has 0 unspecified atom stereocenters. The maximum Gasteiger partial charge on any atom is 0.123 e. The molecule has 0 fully saturated rings. The van der Waals surface area contributed by atoms with Crippen LogP contribution in [0, 0.1) is 17.1 Å². The van der Waals surface area contributed by atoms with Crippen molar-refractivity contribution in [1.82, 2.24) is 20.4 Å². The van der Waals surface area contributed by atoms with Crippen LogP contribution in [-0.2, 0) is 0 Å². The van der Waals surface area contributed by atoms with Crippen molar-refractivity contribution >= 4 is 33.9 Å². The number of aromatic nitrogens is 4. The second-order valence-corrected chi connectivity index (χ2v) is 8.99. The van der Waals surface area contributed by atoms with Gasteiger partial charge in [-0.15, -0.1) is 5.10 Å². The minimum atomic E-state index is -0.456. The van der Waals surface area contributed by atoms with E-state index in [1.54, 1.807) is 36.7 Å². The van der Waals surface area contributed by atoms with E-state index in [2.05, 4.69) is 56.2 Å². The number of fused-ring (bicyclic) bond motifs is 1. The van der Waals surface area contributed by atoms with Crippen molar-refractivity contribution in [3.05, 3.63) is 112 Å². The number of hydrogen-bond donors (Lipinski definition) is 3. The summed E-state index contributed by atoms with van der Waals surface area (Å²) >= 11 is 6.59. The third kappa shape index (κ3) is 5.08. The molecule has 0 saturated heterocycles. The molecule has 37 heavy (non-hydrogen) atoms. The predicted octanol–water partition coefficient (Wildman–Crippen LogP) is 6.78. The lowest BCUT2D eigenvalue weighted by Gasteiger charge is -2.23. The van der Waals surface area contributed by atoms with Crippen molar-refractivity contribution in [3.8, 4) is 6.07 Å². The Hall–Kier alpha value is -4.48. The first kappa shape index (κ1) is 24.2. The quantitative estimate of drug-likeness (QED) is 0.212. The highest BCUT2D eigenvalue weighted by atomic mass is 35.5. The molecule has 184 valence electrons. The van der Waals surface area contributed by atoms with Gasteiger partial charge in [-0.1, -0.05) is 66.2 Å². The first-order valence-electron chi connectivity index (χ1n) is 11.8. The van der Waals surface area contributed by atoms with Gasteiger partial charge in [0.1, 0.15) is 17.6 Å². The molecule has 2 aromatic heterocycles. The molecule has 0 bridgehead atoms. The predicted molar refractivity (Wildman–Crippen MR) is 143 cm³/mol. The molecule has 0 aliphatic rings. The molecule has 2 atom stereocenters. The molecule has 0 radical (unpaired) electrons. The average Bonchev–Trinajstić information content (AvgIpc) is 3.46. The van der Waals surface area contributed by atoms with E-state index in [1.165, 1.54) is 12.1 Å². The monoisotopic (exact) mass is 511 g/mol. The molecular weight excluding hydrogens is 489 g/mol. The van der Waals surface area contributed by atoms with Crippen LogP contribution in [0.1, 0.15) is 47.8 Å². The third-order valence-electron chi connectivity index (χ3n) is 6.22. The van der Waals surface area contributed by atoms with Gasteiger partial charge in [-0.3, -0.25) is 10.1 Å². The van der Waals surface area contributed by atoms with E-state index in [1.807, 2.05) is 18.2 Å². The molecule has 7 nitrogen and oxygen atoms in total. The van der Waals surface area contributed by atoms with E-state index in [9.17, 15) is 9.65 Å². The summed E-state index contributed by atoms with van der Waals surface area (Å²) in [5.41, 5.74) is 4.86. The van der Waals surface area contributed by atoms with Gasteiger partial charge in [0.05, 0.1) is 34.5 Å². The van der Waals surface area contributed by atoms with Crippen molar-refractivity contribution in [2.24, 2.45) is 0 Å². The molecule has 9 heteroatoms. The van der Waals surface area contributed by atoms with Gasteiger partial charge in [0.2, 0.25) is 0 Å². The van der Waals surface area contributed by atoms with Gasteiger partial charge in [0, 0.05) is 22.8 Å². The third-order valence-corrected chi connectivity index (χ3v) is 6.44. The van der Waals surface area contributed by atoms with Crippen LogP contribution in [0.3, 0.4) is 0 Å². The number of nitriles is 1. The summed E-state index contributed by atoms with van der Waals surface area (Å²) in [7, 11) is 0. The van der Waals surface area contributed by atoms with Crippen LogP contribution in [0.2, 0.25) is 5.02 Å². The Morgan fingerprint density at radius 2 is 1.84 bits per heavy atom. The molecule has 5 aromatic rings. The second kappa shape index (κ2) is 10.6. The lowest BCUT2D eigenvalue weighted by atomic mass is 10.0. The first-order valence-corrected chi connectivity index (χ1v) is 12.2. The maximum atomic E-state index is 13.6. The van der Waals surface area contributed by atoms with Gasteiger partial charge < -0.3 is 10.6 Å². The zero-order valence-corrected chi connectivity index (χ0v) is 20.7. The number of rotatable bonds is 8. The number of pyridine rings is 1. The molecule has 0 aliphatic heterocycles. The molecule has 0 spiro atoms. The minimum absolute atomic E-state index is 0.0172. The van der Waals surface area contributed by atoms with Crippen LogP contribution in [-0.4, -0.2) is 20.4 Å². The number of H-pyrrole nitrogens is 1. The number of anilines is 2. The number of nitrogens with zero attached hydrogens (tertiary/aromatic N) is 4. The molecular formula is C28H23ClFN7. The topological polar surface area (TPSA) is 102 Å². The molecule has 0 amide bonds. The molecule has 0 aliphatic carbocycles. The van der Waals surface area contributed by atoms with Crippen LogP contribution in [0.4, 0.5) is 15.8 Å². The number of aromatic amines is 1. The minimum Gasteiger partial charge on any atom is -0.377 e. The van der Waals surface area contributed by atoms with E-state index in [-0.39, 0.29) is 11.9 Å². The fourth-order valence-corrected chi connectivity index (χ4v) is 4.61.